The zero-order valence-corrected chi connectivity index (χ0v) is 20.8. The first-order valence-electron chi connectivity index (χ1n) is 12.2. The van der Waals surface area contributed by atoms with Crippen molar-refractivity contribution in [3.05, 3.63) is 132 Å². The topological polar surface area (TPSA) is 69.3 Å². The van der Waals surface area contributed by atoms with Crippen molar-refractivity contribution in [3.8, 4) is 28.6 Å². The first-order valence-corrected chi connectivity index (χ1v) is 12.2. The van der Waals surface area contributed by atoms with Gasteiger partial charge in [-0.2, -0.15) is 5.26 Å². The van der Waals surface area contributed by atoms with Gasteiger partial charge in [0.2, 0.25) is 0 Å². The summed E-state index contributed by atoms with van der Waals surface area (Å²) in [6, 6.07) is 42.6. The van der Waals surface area contributed by atoms with Crippen LogP contribution in [0.1, 0.15) is 5.56 Å². The molecule has 0 saturated carbocycles. The minimum atomic E-state index is -1.23. The molecule has 0 aliphatic rings. The molecule has 1 heterocycles. The number of nitriles is 1. The molecule has 0 amide bonds. The molecule has 5 nitrogen and oxygen atoms in total. The van der Waals surface area contributed by atoms with Crippen LogP contribution in [0.25, 0.3) is 28.6 Å². The van der Waals surface area contributed by atoms with E-state index >= 15 is 0 Å². The summed E-state index contributed by atoms with van der Waals surface area (Å²) in [5.41, 5.74) is 7.85. The van der Waals surface area contributed by atoms with Crippen molar-refractivity contribution in [2.24, 2.45) is 7.05 Å². The van der Waals surface area contributed by atoms with Crippen LogP contribution in [-0.2, 0) is 11.8 Å². The van der Waals surface area contributed by atoms with Gasteiger partial charge in [-0.1, -0.05) is 72.8 Å². The van der Waals surface area contributed by atoms with E-state index in [0.29, 0.717) is 5.56 Å². The van der Waals surface area contributed by atoms with Gasteiger partial charge in [0.25, 0.3) is 0 Å². The van der Waals surface area contributed by atoms with Crippen LogP contribution >= 0.6 is 0 Å². The summed E-state index contributed by atoms with van der Waals surface area (Å²) >= 11 is 0. The van der Waals surface area contributed by atoms with Crippen LogP contribution in [0.5, 0.6) is 0 Å². The van der Waals surface area contributed by atoms with Gasteiger partial charge in [-0.3, -0.25) is 0 Å². The molecule has 0 atom stereocenters. The highest BCUT2D eigenvalue weighted by atomic mass is 16.4. The van der Waals surface area contributed by atoms with Gasteiger partial charge in [-0.05, 0) is 71.3 Å². The molecule has 184 valence electrons. The van der Waals surface area contributed by atoms with Gasteiger partial charge >= 0.3 is 5.97 Å². The normalized spacial score (nSPS) is 11.1. The maximum absolute atomic E-state index is 11.1. The van der Waals surface area contributed by atoms with E-state index < -0.39 is 5.97 Å². The van der Waals surface area contributed by atoms with Crippen LogP contribution in [0.3, 0.4) is 0 Å². The summed E-state index contributed by atoms with van der Waals surface area (Å²) in [7, 11) is 2.03. The third-order valence-electron chi connectivity index (χ3n) is 6.44. The largest absolute Gasteiger partial charge is 0.477 e. The lowest BCUT2D eigenvalue weighted by atomic mass is 10.1. The number of rotatable bonds is 7. The van der Waals surface area contributed by atoms with Gasteiger partial charge in [-0.15, -0.1) is 0 Å². The molecule has 5 aromatic rings. The van der Waals surface area contributed by atoms with Crippen molar-refractivity contribution in [2.75, 3.05) is 4.90 Å². The highest BCUT2D eigenvalue weighted by molar-refractivity contribution is 5.96. The highest BCUT2D eigenvalue weighted by Crippen LogP contribution is 2.36. The van der Waals surface area contributed by atoms with Gasteiger partial charge in [0.15, 0.2) is 0 Å². The van der Waals surface area contributed by atoms with E-state index in [2.05, 4.69) is 70.1 Å². The van der Waals surface area contributed by atoms with Crippen LogP contribution in [0.4, 0.5) is 17.1 Å². The van der Waals surface area contributed by atoms with Gasteiger partial charge in [0.1, 0.15) is 11.6 Å². The maximum Gasteiger partial charge on any atom is 0.346 e. The second-order valence-corrected chi connectivity index (χ2v) is 8.81. The Bertz CT molecular complexity index is 1590. The lowest BCUT2D eigenvalue weighted by Gasteiger charge is -2.25. The number of carboxylic acid groups (broad SMARTS) is 1. The molecule has 5 rings (SSSR count). The van der Waals surface area contributed by atoms with E-state index in [-0.39, 0.29) is 5.57 Å². The van der Waals surface area contributed by atoms with E-state index in [1.54, 1.807) is 6.07 Å². The molecule has 0 radical (unpaired) electrons. The van der Waals surface area contributed by atoms with Gasteiger partial charge in [-0.25, -0.2) is 4.79 Å². The average molecular weight is 496 g/mol. The van der Waals surface area contributed by atoms with E-state index in [1.165, 1.54) is 6.08 Å². The number of nitrogens with zero attached hydrogens (tertiary/aromatic N) is 3. The second kappa shape index (κ2) is 10.7. The molecule has 4 aromatic carbocycles. The average Bonchev–Trinajstić information content (AvgIpc) is 3.34. The fraction of sp³-hybridized carbons (Fsp3) is 0.0303. The Morgan fingerprint density at radius 3 is 1.61 bits per heavy atom. The summed E-state index contributed by atoms with van der Waals surface area (Å²) in [4.78, 5) is 13.3. The van der Waals surface area contributed by atoms with Gasteiger partial charge < -0.3 is 14.6 Å². The highest BCUT2D eigenvalue weighted by Gasteiger charge is 2.14. The van der Waals surface area contributed by atoms with Crippen molar-refractivity contribution in [2.45, 2.75) is 0 Å². The number of carboxylic acids is 1. The number of anilines is 3. The molecular formula is C33H25N3O2. The minimum absolute atomic E-state index is 0.291. The van der Waals surface area contributed by atoms with E-state index in [1.807, 2.05) is 67.7 Å². The lowest BCUT2D eigenvalue weighted by molar-refractivity contribution is -0.132. The molecule has 0 aliphatic carbocycles. The van der Waals surface area contributed by atoms with Gasteiger partial charge in [0, 0.05) is 35.5 Å². The van der Waals surface area contributed by atoms with Crippen LogP contribution in [-0.4, -0.2) is 15.6 Å². The Hall–Kier alpha value is -5.34. The van der Waals surface area contributed by atoms with Crippen LogP contribution in [0.15, 0.2) is 127 Å². The molecule has 0 unspecified atom stereocenters. The Morgan fingerprint density at radius 2 is 1.16 bits per heavy atom. The standard InChI is InChI=1S/C33H25N3O2/c1-35-31(25-14-12-24(13-15-25)22-27(23-34)33(37)38)20-21-32(35)26-16-18-30(19-17-26)36(28-8-4-2-5-9-28)29-10-6-3-7-11-29/h2-22H,1H3,(H,37,38)/b27-22+. The van der Waals surface area contributed by atoms with Crippen molar-refractivity contribution < 1.29 is 9.90 Å². The molecule has 0 spiro atoms. The molecule has 38 heavy (non-hydrogen) atoms. The van der Waals surface area contributed by atoms with Crippen LogP contribution < -0.4 is 4.90 Å². The Balaban J connectivity index is 1.43. The van der Waals surface area contributed by atoms with Crippen molar-refractivity contribution in [1.82, 2.24) is 4.57 Å². The maximum atomic E-state index is 11.1. The predicted molar refractivity (Wildman–Crippen MR) is 152 cm³/mol. The summed E-state index contributed by atoms with van der Waals surface area (Å²) in [6.45, 7) is 0. The third kappa shape index (κ3) is 4.97. The molecule has 0 saturated heterocycles. The first-order chi connectivity index (χ1) is 18.5. The fourth-order valence-corrected chi connectivity index (χ4v) is 4.53. The minimum Gasteiger partial charge on any atom is -0.477 e. The smallest absolute Gasteiger partial charge is 0.346 e. The molecule has 1 aromatic heterocycles. The van der Waals surface area contributed by atoms with E-state index in [9.17, 15) is 4.79 Å². The molecule has 1 N–H and O–H groups in total. The fourth-order valence-electron chi connectivity index (χ4n) is 4.53. The zero-order valence-electron chi connectivity index (χ0n) is 20.8. The van der Waals surface area contributed by atoms with Crippen molar-refractivity contribution in [1.29, 1.82) is 5.26 Å². The number of hydrogen-bond donors (Lipinski definition) is 1. The second-order valence-electron chi connectivity index (χ2n) is 8.81. The summed E-state index contributed by atoms with van der Waals surface area (Å²) in [5.74, 6) is -1.23. The zero-order chi connectivity index (χ0) is 26.5. The number of carbonyl (C=O) groups is 1. The Labute approximate surface area is 221 Å². The molecule has 0 aliphatic heterocycles. The Kier molecular flexibility index (Phi) is 6.88. The molecular weight excluding hydrogens is 470 g/mol. The van der Waals surface area contributed by atoms with Gasteiger partial charge in [0.05, 0.1) is 0 Å². The van der Waals surface area contributed by atoms with Crippen LogP contribution in [0, 0.1) is 11.3 Å². The van der Waals surface area contributed by atoms with Crippen molar-refractivity contribution >= 4 is 29.1 Å². The first kappa shape index (κ1) is 24.4. The lowest BCUT2D eigenvalue weighted by Crippen LogP contribution is -2.09. The molecule has 5 heteroatoms. The predicted octanol–water partition coefficient (Wildman–Crippen LogP) is 7.82. The SMILES string of the molecule is Cn1c(-c2ccc(/C=C(\C#N)C(=O)O)cc2)ccc1-c1ccc(N(c2ccccc2)c2ccccc2)cc1. The number of hydrogen-bond acceptors (Lipinski definition) is 3. The monoisotopic (exact) mass is 495 g/mol. The Morgan fingerprint density at radius 1 is 0.711 bits per heavy atom. The third-order valence-corrected chi connectivity index (χ3v) is 6.44. The number of benzene rings is 4. The summed E-state index contributed by atoms with van der Waals surface area (Å²) in [5, 5.41) is 18.1. The summed E-state index contributed by atoms with van der Waals surface area (Å²) < 4.78 is 2.14. The molecule has 0 fully saturated rings. The van der Waals surface area contributed by atoms with E-state index in [4.69, 9.17) is 10.4 Å². The number of aromatic nitrogens is 1. The number of aliphatic carboxylic acids is 1. The van der Waals surface area contributed by atoms with Crippen LogP contribution in [0.2, 0.25) is 0 Å². The summed E-state index contributed by atoms with van der Waals surface area (Å²) in [6.07, 6.45) is 1.37. The van der Waals surface area contributed by atoms with E-state index in [0.717, 1.165) is 39.6 Å². The molecule has 0 bridgehead atoms. The quantitative estimate of drug-likeness (QED) is 0.185. The number of para-hydroxylation sites is 2. The van der Waals surface area contributed by atoms with Crippen molar-refractivity contribution in [3.63, 3.8) is 0 Å².